The molecule has 2 N–H and O–H groups in total. The van der Waals surface area contributed by atoms with Crippen LogP contribution in [0.2, 0.25) is 0 Å². The second-order valence-corrected chi connectivity index (χ2v) is 14.4. The van der Waals surface area contributed by atoms with Crippen LogP contribution < -0.4 is 0 Å². The lowest BCUT2D eigenvalue weighted by Crippen LogP contribution is -2.61. The highest BCUT2D eigenvalue weighted by Gasteiger charge is 2.57. The molecular formula is C33H35N5O12S. The first kappa shape index (κ1) is 35.6. The molecule has 0 aromatic heterocycles. The number of carbonyl (C=O) groups excluding carboxylic acids is 3. The highest BCUT2D eigenvalue weighted by atomic mass is 32.2. The Morgan fingerprint density at radius 2 is 1.49 bits per heavy atom. The van der Waals surface area contributed by atoms with Gasteiger partial charge in [-0.3, -0.25) is 25.0 Å². The van der Waals surface area contributed by atoms with Crippen LogP contribution >= 0.6 is 11.8 Å². The van der Waals surface area contributed by atoms with E-state index in [-0.39, 0.29) is 61.0 Å². The third-order valence-corrected chi connectivity index (χ3v) is 11.1. The van der Waals surface area contributed by atoms with Crippen LogP contribution in [-0.4, -0.2) is 102 Å². The molecule has 3 fully saturated rings. The molecule has 18 heteroatoms. The van der Waals surface area contributed by atoms with Gasteiger partial charge in [0.05, 0.1) is 27.9 Å². The summed E-state index contributed by atoms with van der Waals surface area (Å²) in [5, 5.41) is 41.8. The molecular weight excluding hydrogens is 690 g/mol. The number of aliphatic carboxylic acids is 1. The van der Waals surface area contributed by atoms with E-state index in [4.69, 9.17) is 9.47 Å². The summed E-state index contributed by atoms with van der Waals surface area (Å²) >= 11 is 1.30. The minimum Gasteiger partial charge on any atom is -0.477 e. The highest BCUT2D eigenvalue weighted by molar-refractivity contribution is 8.03. The number of nitrogens with zero attached hydrogens (tertiary/aromatic N) is 5. The number of hydrogen-bond acceptors (Lipinski definition) is 12. The standard InChI is InChI=1S/C33H35N5O12S/c1-18(39)28-26-13-27(29(31(41)42)36(26)30(28)40)51-24-12-25(35(15-24)33(44)50-17-20-4-8-23(9-5-20)38(47)48)21-10-11-34(14-21)32(43)49-16-19-2-6-22(7-3-19)37(45)46/h2-9,18,21,24-26,28,39H,10-17H2,1H3,(H,41,42)/t18-,21?,24+,25+,26-,28-/m1/s1. The molecule has 0 radical (unpaired) electrons. The fourth-order valence-electron chi connectivity index (χ4n) is 7.27. The number of aliphatic hydroxyl groups excluding tert-OH is 1. The van der Waals surface area contributed by atoms with Crippen molar-refractivity contribution in [1.82, 2.24) is 14.7 Å². The molecule has 17 nitrogen and oxygen atoms in total. The van der Waals surface area contributed by atoms with E-state index < -0.39 is 58.0 Å². The van der Waals surface area contributed by atoms with Crippen LogP contribution in [0.4, 0.5) is 21.0 Å². The van der Waals surface area contributed by atoms with Crippen molar-refractivity contribution < 1.29 is 48.7 Å². The van der Waals surface area contributed by atoms with Crippen LogP contribution in [0.3, 0.4) is 0 Å². The van der Waals surface area contributed by atoms with E-state index in [2.05, 4.69) is 0 Å². The van der Waals surface area contributed by atoms with Crippen molar-refractivity contribution in [3.8, 4) is 0 Å². The van der Waals surface area contributed by atoms with E-state index in [9.17, 15) is 49.6 Å². The smallest absolute Gasteiger partial charge is 0.410 e. The number of hydrogen-bond donors (Lipinski definition) is 2. The number of ether oxygens (including phenoxy) is 2. The number of carboxylic acid groups (broad SMARTS) is 1. The zero-order chi connectivity index (χ0) is 36.6. The molecule has 4 aliphatic heterocycles. The predicted molar refractivity (Wildman–Crippen MR) is 178 cm³/mol. The first-order chi connectivity index (χ1) is 24.3. The van der Waals surface area contributed by atoms with Crippen LogP contribution in [0.15, 0.2) is 59.1 Å². The van der Waals surface area contributed by atoms with Crippen molar-refractivity contribution >= 4 is 47.2 Å². The number of carboxylic acids is 1. The van der Waals surface area contributed by atoms with Gasteiger partial charge in [0, 0.05) is 66.5 Å². The molecule has 3 amide bonds. The van der Waals surface area contributed by atoms with Gasteiger partial charge < -0.3 is 34.4 Å². The third kappa shape index (κ3) is 7.32. The summed E-state index contributed by atoms with van der Waals surface area (Å²) in [6.45, 7) is 2.11. The molecule has 1 unspecified atom stereocenters. The van der Waals surface area contributed by atoms with Gasteiger partial charge >= 0.3 is 18.2 Å². The summed E-state index contributed by atoms with van der Waals surface area (Å²) in [7, 11) is 0. The van der Waals surface area contributed by atoms with Crippen molar-refractivity contribution in [2.24, 2.45) is 11.8 Å². The number of β-lactam (4-membered cyclic amide) rings is 1. The second-order valence-electron chi connectivity index (χ2n) is 13.0. The summed E-state index contributed by atoms with van der Waals surface area (Å²) in [6.07, 6.45) is -0.866. The van der Waals surface area contributed by atoms with E-state index in [1.807, 2.05) is 0 Å². The third-order valence-electron chi connectivity index (χ3n) is 9.79. The maximum absolute atomic E-state index is 13.6. The Bertz CT molecular complexity index is 1770. The van der Waals surface area contributed by atoms with Gasteiger partial charge in [0.2, 0.25) is 5.91 Å². The van der Waals surface area contributed by atoms with Crippen molar-refractivity contribution in [2.45, 2.75) is 62.8 Å². The number of thioether (sulfide) groups is 1. The van der Waals surface area contributed by atoms with Crippen molar-refractivity contribution in [1.29, 1.82) is 0 Å². The molecule has 3 saturated heterocycles. The monoisotopic (exact) mass is 725 g/mol. The average Bonchev–Trinajstić information content (AvgIpc) is 3.83. The lowest BCUT2D eigenvalue weighted by molar-refractivity contribution is -0.385. The lowest BCUT2D eigenvalue weighted by atomic mass is 9.83. The second kappa shape index (κ2) is 14.6. The maximum Gasteiger partial charge on any atom is 0.410 e. The number of rotatable bonds is 11. The van der Waals surface area contributed by atoms with E-state index in [0.717, 1.165) is 0 Å². The normalized spacial score (nSPS) is 24.6. The molecule has 4 heterocycles. The number of fused-ring (bicyclic) bond motifs is 1. The number of nitro benzene ring substituents is 2. The van der Waals surface area contributed by atoms with Crippen LogP contribution in [-0.2, 0) is 32.3 Å². The highest BCUT2D eigenvalue weighted by Crippen LogP contribution is 2.49. The number of likely N-dealkylation sites (tertiary alicyclic amines) is 2. The van der Waals surface area contributed by atoms with Gasteiger partial charge in [-0.25, -0.2) is 14.4 Å². The first-order valence-electron chi connectivity index (χ1n) is 16.3. The fraction of sp³-hybridized carbons (Fsp3) is 0.455. The average molecular weight is 726 g/mol. The van der Waals surface area contributed by atoms with Gasteiger partial charge in [0.25, 0.3) is 11.4 Å². The van der Waals surface area contributed by atoms with Gasteiger partial charge in [0.15, 0.2) is 0 Å². The quantitative estimate of drug-likeness (QED) is 0.191. The lowest BCUT2D eigenvalue weighted by Gasteiger charge is -2.44. The Hall–Kier alpha value is -5.23. The number of amides is 3. The molecule has 0 bridgehead atoms. The summed E-state index contributed by atoms with van der Waals surface area (Å²) < 4.78 is 11.1. The number of carbonyl (C=O) groups is 4. The van der Waals surface area contributed by atoms with Crippen LogP contribution in [0, 0.1) is 32.1 Å². The number of benzene rings is 2. The fourth-order valence-corrected chi connectivity index (χ4v) is 8.76. The molecule has 0 spiro atoms. The summed E-state index contributed by atoms with van der Waals surface area (Å²) in [6, 6.07) is 10.4. The molecule has 2 aromatic rings. The first-order valence-corrected chi connectivity index (χ1v) is 17.2. The predicted octanol–water partition coefficient (Wildman–Crippen LogP) is 3.88. The van der Waals surface area contributed by atoms with Gasteiger partial charge in [-0.2, -0.15) is 0 Å². The molecule has 51 heavy (non-hydrogen) atoms. The molecule has 6 atom stereocenters. The Morgan fingerprint density at radius 1 is 0.922 bits per heavy atom. The van der Waals surface area contributed by atoms with Crippen LogP contribution in [0.25, 0.3) is 0 Å². The Balaban J connectivity index is 1.14. The van der Waals surface area contributed by atoms with Gasteiger partial charge in [-0.05, 0) is 61.1 Å². The summed E-state index contributed by atoms with van der Waals surface area (Å²) in [5.41, 5.74) is 0.834. The van der Waals surface area contributed by atoms with E-state index in [1.54, 1.807) is 4.90 Å². The summed E-state index contributed by atoms with van der Waals surface area (Å²) in [4.78, 5) is 77.3. The largest absolute Gasteiger partial charge is 0.477 e. The zero-order valence-corrected chi connectivity index (χ0v) is 28.2. The van der Waals surface area contributed by atoms with Crippen LogP contribution in [0.5, 0.6) is 0 Å². The summed E-state index contributed by atoms with van der Waals surface area (Å²) in [5.74, 6) is -2.54. The van der Waals surface area contributed by atoms with E-state index in [1.165, 1.54) is 77.0 Å². The molecule has 0 aliphatic carbocycles. The van der Waals surface area contributed by atoms with E-state index in [0.29, 0.717) is 35.4 Å². The number of nitro groups is 2. The Kier molecular flexibility index (Phi) is 10.2. The van der Waals surface area contributed by atoms with Crippen molar-refractivity contribution in [3.05, 3.63) is 90.5 Å². The molecule has 4 aliphatic rings. The molecule has 0 saturated carbocycles. The minimum atomic E-state index is -1.25. The Labute approximate surface area is 295 Å². The number of non-ortho nitro benzene ring substituents is 2. The van der Waals surface area contributed by atoms with Crippen LogP contribution in [0.1, 0.15) is 37.3 Å². The van der Waals surface area contributed by atoms with Crippen molar-refractivity contribution in [2.75, 3.05) is 19.6 Å². The van der Waals surface area contributed by atoms with E-state index >= 15 is 0 Å². The zero-order valence-electron chi connectivity index (χ0n) is 27.4. The number of aliphatic hydroxyl groups is 1. The SMILES string of the molecule is C[C@@H](O)[C@H]1C(=O)N2C(C(=O)O)=C(S[C@H]3C[C@@H](C4CCN(C(=O)OCc5ccc([N+](=O)[O-])cc5)C4)N(C(=O)OCc4ccc([N+](=O)[O-])cc4)C3)C[C@H]12. The van der Waals surface area contributed by atoms with Gasteiger partial charge in [-0.15, -0.1) is 11.8 Å². The Morgan fingerprint density at radius 3 is 2.02 bits per heavy atom. The minimum absolute atomic E-state index is 0.0815. The van der Waals surface area contributed by atoms with Crippen molar-refractivity contribution in [3.63, 3.8) is 0 Å². The molecule has 6 rings (SSSR count). The van der Waals surface area contributed by atoms with Gasteiger partial charge in [-0.1, -0.05) is 0 Å². The topological polar surface area (TPSA) is 223 Å². The molecule has 2 aromatic carbocycles. The maximum atomic E-state index is 13.6. The molecule has 270 valence electrons. The van der Waals surface area contributed by atoms with Gasteiger partial charge in [0.1, 0.15) is 18.9 Å².